The van der Waals surface area contributed by atoms with Crippen molar-refractivity contribution in [2.75, 3.05) is 45.9 Å². The summed E-state index contributed by atoms with van der Waals surface area (Å²) in [5.74, 6) is 7.60. The minimum Gasteiger partial charge on any atom is -0.480 e. The van der Waals surface area contributed by atoms with E-state index in [0.29, 0.717) is 52.3 Å². The first-order chi connectivity index (χ1) is 41.1. The SMILES string of the molecule is O=C(O)CN(CC(=O)O)Cc1cc(C#Cc2ccc(O[C@H]3O[C@H](CO)[C@H](O)[C@H](O)[C@H]3O)cc2)cc(CN(CCc2ccc(N=C=S)cc2)Cc2cc(C#Cc3ccc(O[C@H]4O[C@H](CO)[C@H](O)[C@H](O)[C@H]4O)cc3)cc(CN(CC(=O)O)CC(=O)O)n2)n1. The van der Waals surface area contributed by atoms with E-state index in [1.165, 1.54) is 34.1 Å². The minimum absolute atomic E-state index is 0.0757. The summed E-state index contributed by atoms with van der Waals surface area (Å²) in [6, 6.07) is 26.3. The molecular weight excluding hydrogens is 1140 g/mol. The molecule has 0 saturated carbocycles. The third kappa shape index (κ3) is 19.4. The van der Waals surface area contributed by atoms with E-state index in [1.54, 1.807) is 60.7 Å². The van der Waals surface area contributed by atoms with Crippen molar-refractivity contribution >= 4 is 46.9 Å². The lowest BCUT2D eigenvalue weighted by Gasteiger charge is -2.39. The van der Waals surface area contributed by atoms with Gasteiger partial charge in [0.25, 0.3) is 0 Å². The fraction of sp³-hybridized carbons (Fsp3) is 0.373. The summed E-state index contributed by atoms with van der Waals surface area (Å²) < 4.78 is 22.4. The van der Waals surface area contributed by atoms with Crippen LogP contribution in [-0.2, 0) is 61.3 Å². The van der Waals surface area contributed by atoms with Gasteiger partial charge in [-0.15, -0.1) is 0 Å². The van der Waals surface area contributed by atoms with Crippen LogP contribution in [-0.4, -0.2) is 222 Å². The molecule has 7 rings (SSSR count). The predicted octanol–water partition coefficient (Wildman–Crippen LogP) is -0.445. The molecule has 27 heteroatoms. The summed E-state index contributed by atoms with van der Waals surface area (Å²) in [7, 11) is 0. The van der Waals surface area contributed by atoms with Crippen LogP contribution in [0.15, 0.2) is 102 Å². The third-order valence-electron chi connectivity index (χ3n) is 13.3. The van der Waals surface area contributed by atoms with E-state index in [1.807, 2.05) is 17.0 Å². The lowest BCUT2D eigenvalue weighted by Crippen LogP contribution is -2.60. The van der Waals surface area contributed by atoms with Gasteiger partial charge in [0, 0.05) is 55.0 Å². The number of carboxylic acid groups (broad SMARTS) is 4. The molecule has 2 saturated heterocycles. The number of hydrogen-bond donors (Lipinski definition) is 12. The van der Waals surface area contributed by atoms with Crippen molar-refractivity contribution in [2.45, 2.75) is 94.0 Å². The number of aliphatic imine (C=N–C) groups is 1. The second-order valence-corrected chi connectivity index (χ2v) is 20.2. The number of aliphatic hydroxyl groups is 8. The average molecular weight is 1210 g/mol. The smallest absolute Gasteiger partial charge is 0.317 e. The maximum absolute atomic E-state index is 11.9. The fourth-order valence-corrected chi connectivity index (χ4v) is 9.30. The standard InChI is InChI=1S/C59H62N6O20S/c66-31-46-52(76)54(78)56(80)58(84-46)82-44-13-7-34(8-14-44)1-3-37-19-40(61-42(21-37)25-64(27-48(68)69)28-49(70)71)23-63(18-17-36-5-11-39(12-6-36)60-33-86)24-41-20-38(22-43(62-41)26-65(29-50(72)73)30-51(74)75)4-2-35-9-15-45(16-10-35)83-59-57(81)55(79)53(77)47(32-67)85-59/h5-16,19-22,46-47,52-59,66-67,76-81H,17-18,23-32H2,(H,68,69)(H,70,71)(H,72,73)(H,74,75)/t46-,47-,52+,53+,54+,55+,56-,57-,58+,59+/m1/s1. The Morgan fingerprint density at radius 2 is 0.837 bits per heavy atom. The summed E-state index contributed by atoms with van der Waals surface area (Å²) in [6.45, 7) is -3.78. The van der Waals surface area contributed by atoms with Gasteiger partial charge >= 0.3 is 23.9 Å². The Bertz CT molecular complexity index is 3110. The van der Waals surface area contributed by atoms with Gasteiger partial charge in [0.2, 0.25) is 12.6 Å². The van der Waals surface area contributed by atoms with E-state index in [4.69, 9.17) is 41.1 Å². The van der Waals surface area contributed by atoms with Crippen LogP contribution >= 0.6 is 12.2 Å². The molecule has 0 spiro atoms. The zero-order valence-electron chi connectivity index (χ0n) is 45.7. The molecule has 10 atom stereocenters. The molecule has 454 valence electrons. The van der Waals surface area contributed by atoms with Crippen molar-refractivity contribution in [2.24, 2.45) is 4.99 Å². The monoisotopic (exact) mass is 1210 g/mol. The Labute approximate surface area is 497 Å². The highest BCUT2D eigenvalue weighted by atomic mass is 32.1. The van der Waals surface area contributed by atoms with Crippen molar-refractivity contribution in [3.05, 3.63) is 148 Å². The average Bonchev–Trinajstić information content (AvgIpc) is 2.74. The fourth-order valence-electron chi connectivity index (χ4n) is 9.20. The summed E-state index contributed by atoms with van der Waals surface area (Å²) >= 11 is 4.78. The van der Waals surface area contributed by atoms with Gasteiger partial charge in [0.1, 0.15) is 60.3 Å². The molecule has 0 bridgehead atoms. The molecule has 0 unspecified atom stereocenters. The number of pyridine rings is 2. The van der Waals surface area contributed by atoms with E-state index in [9.17, 15) is 80.5 Å². The quantitative estimate of drug-likeness (QED) is 0.0190. The van der Waals surface area contributed by atoms with E-state index < -0.39 is 125 Å². The molecular formula is C59H62N6O20S. The number of thiocarbonyl (C=S) groups is 1. The molecule has 86 heavy (non-hydrogen) atoms. The molecule has 5 aromatic rings. The number of nitrogens with zero attached hydrogens (tertiary/aromatic N) is 6. The van der Waals surface area contributed by atoms with Crippen LogP contribution in [0.5, 0.6) is 11.5 Å². The Kier molecular flexibility index (Phi) is 23.8. The predicted molar refractivity (Wildman–Crippen MR) is 302 cm³/mol. The molecule has 3 aromatic carbocycles. The maximum Gasteiger partial charge on any atom is 0.317 e. The van der Waals surface area contributed by atoms with Gasteiger partial charge in [-0.05, 0) is 109 Å². The Hall–Kier alpha value is -8.16. The summed E-state index contributed by atoms with van der Waals surface area (Å²) in [6.07, 6.45) is -14.6. The van der Waals surface area contributed by atoms with Crippen molar-refractivity contribution in [3.63, 3.8) is 0 Å². The molecule has 0 aliphatic carbocycles. The highest BCUT2D eigenvalue weighted by Crippen LogP contribution is 2.27. The van der Waals surface area contributed by atoms with E-state index in [0.717, 1.165) is 5.56 Å². The van der Waals surface area contributed by atoms with E-state index in [-0.39, 0.29) is 49.1 Å². The van der Waals surface area contributed by atoms with Gasteiger partial charge < -0.3 is 80.2 Å². The number of aliphatic hydroxyl groups excluding tert-OH is 8. The maximum atomic E-state index is 11.9. The number of aliphatic carboxylic acids is 4. The zero-order valence-corrected chi connectivity index (χ0v) is 46.5. The highest BCUT2D eigenvalue weighted by Gasteiger charge is 2.46. The van der Waals surface area contributed by atoms with Gasteiger partial charge in [-0.25, -0.2) is 0 Å². The third-order valence-corrected chi connectivity index (χ3v) is 13.4. The number of benzene rings is 3. The van der Waals surface area contributed by atoms with Crippen molar-refractivity contribution < 1.29 is 99.4 Å². The van der Waals surface area contributed by atoms with Crippen LogP contribution in [0.4, 0.5) is 5.69 Å². The van der Waals surface area contributed by atoms with E-state index in [2.05, 4.69) is 33.8 Å². The first-order valence-electron chi connectivity index (χ1n) is 26.5. The van der Waals surface area contributed by atoms with Gasteiger partial charge in [-0.3, -0.25) is 43.8 Å². The number of rotatable bonds is 26. The zero-order chi connectivity index (χ0) is 62.0. The lowest BCUT2D eigenvalue weighted by atomic mass is 9.99. The Morgan fingerprint density at radius 1 is 0.488 bits per heavy atom. The molecule has 4 heterocycles. The number of isothiocyanates is 1. The second kappa shape index (κ2) is 31.3. The van der Waals surface area contributed by atoms with Crippen LogP contribution in [0.1, 0.15) is 50.6 Å². The van der Waals surface area contributed by atoms with Gasteiger partial charge in [0.15, 0.2) is 0 Å². The first-order valence-corrected chi connectivity index (χ1v) is 27.0. The molecule has 12 N–H and O–H groups in total. The molecule has 0 amide bonds. The number of carboxylic acids is 4. The molecule has 2 aliphatic heterocycles. The van der Waals surface area contributed by atoms with Crippen LogP contribution < -0.4 is 9.47 Å². The summed E-state index contributed by atoms with van der Waals surface area (Å²) in [5, 5.41) is 122. The van der Waals surface area contributed by atoms with Crippen molar-refractivity contribution in [1.29, 1.82) is 0 Å². The normalized spacial score (nSPS) is 21.8. The number of carbonyl (C=O) groups is 4. The van der Waals surface area contributed by atoms with Crippen molar-refractivity contribution in [3.8, 4) is 35.2 Å². The van der Waals surface area contributed by atoms with Gasteiger partial charge in [-0.1, -0.05) is 35.8 Å². The molecule has 2 aromatic heterocycles. The molecule has 2 aliphatic rings. The lowest BCUT2D eigenvalue weighted by molar-refractivity contribution is -0.277. The van der Waals surface area contributed by atoms with Crippen LogP contribution in [0.3, 0.4) is 0 Å². The number of hydrogen-bond acceptors (Lipinski definition) is 23. The van der Waals surface area contributed by atoms with Crippen molar-refractivity contribution in [1.82, 2.24) is 24.7 Å². The molecule has 2 fully saturated rings. The number of aromatic nitrogens is 2. The largest absolute Gasteiger partial charge is 0.480 e. The second-order valence-electron chi connectivity index (χ2n) is 20.1. The first kappa shape index (κ1) is 65.4. The summed E-state index contributed by atoms with van der Waals surface area (Å²) in [5.41, 5.74) is 4.59. The van der Waals surface area contributed by atoms with Crippen LogP contribution in [0.25, 0.3) is 0 Å². The van der Waals surface area contributed by atoms with Gasteiger partial charge in [0.05, 0.1) is 73.0 Å². The Balaban J connectivity index is 1.23. The number of ether oxygens (including phenoxy) is 4. The topological polar surface area (TPSA) is 396 Å². The Morgan fingerprint density at radius 3 is 1.17 bits per heavy atom. The van der Waals surface area contributed by atoms with Gasteiger partial charge in [-0.2, -0.15) is 4.99 Å². The molecule has 26 nitrogen and oxygen atoms in total. The highest BCUT2D eigenvalue weighted by molar-refractivity contribution is 7.78. The van der Waals surface area contributed by atoms with Crippen LogP contribution in [0, 0.1) is 23.7 Å². The molecule has 0 radical (unpaired) electrons. The summed E-state index contributed by atoms with van der Waals surface area (Å²) in [4.78, 5) is 65.8. The van der Waals surface area contributed by atoms with E-state index >= 15 is 0 Å². The minimum atomic E-state index is -1.66. The van der Waals surface area contributed by atoms with Crippen LogP contribution in [0.2, 0.25) is 0 Å².